The smallest absolute Gasteiger partial charge is 0.374 e. The van der Waals surface area contributed by atoms with Crippen LogP contribution in [0, 0.1) is 0 Å². The third-order valence-corrected chi connectivity index (χ3v) is 1.36. The summed E-state index contributed by atoms with van der Waals surface area (Å²) in [4.78, 5) is 9.90. The monoisotopic (exact) mass is 194 g/mol. The zero-order valence-electron chi connectivity index (χ0n) is 5.69. The zero-order chi connectivity index (χ0) is 7.28. The van der Waals surface area contributed by atoms with Gasteiger partial charge in [0.25, 0.3) is 0 Å². The Labute approximate surface area is 63.7 Å². The van der Waals surface area contributed by atoms with Crippen molar-refractivity contribution in [3.05, 3.63) is 0 Å². The molecule has 0 N–H and O–H groups in total. The Morgan fingerprint density at radius 3 is 2.11 bits per heavy atom. The van der Waals surface area contributed by atoms with Gasteiger partial charge in [0.2, 0.25) is 0 Å². The Hall–Kier alpha value is -0.0500. The van der Waals surface area contributed by atoms with E-state index in [1.165, 1.54) is 0 Å². The van der Waals surface area contributed by atoms with E-state index in [4.69, 9.17) is 4.74 Å². The van der Waals surface area contributed by atoms with Crippen molar-refractivity contribution in [2.45, 2.75) is 32.8 Å². The van der Waals surface area contributed by atoms with Gasteiger partial charge in [-0.2, -0.15) is 0 Å². The fraction of sp³-hybridized carbons (Fsp3) is 0.833. The molecule has 0 heterocycles. The normalized spacial score (nSPS) is 9.78. The summed E-state index contributed by atoms with van der Waals surface area (Å²) in [6.07, 6.45) is 1.85. The molecular formula is C6H11BrO2. The summed E-state index contributed by atoms with van der Waals surface area (Å²) < 4.78 is 4.83. The summed E-state index contributed by atoms with van der Waals surface area (Å²) in [5.41, 5.74) is 0. The van der Waals surface area contributed by atoms with Gasteiger partial charge in [-0.3, -0.25) is 0 Å². The van der Waals surface area contributed by atoms with Gasteiger partial charge in [0.15, 0.2) is 0 Å². The van der Waals surface area contributed by atoms with Crippen LogP contribution in [0.4, 0.5) is 4.79 Å². The molecule has 9 heavy (non-hydrogen) atoms. The van der Waals surface area contributed by atoms with Crippen molar-refractivity contribution in [3.8, 4) is 0 Å². The van der Waals surface area contributed by atoms with Crippen molar-refractivity contribution in [3.63, 3.8) is 0 Å². The van der Waals surface area contributed by atoms with Gasteiger partial charge in [-0.15, -0.1) is 0 Å². The minimum absolute atomic E-state index is 0.0804. The second-order valence-electron chi connectivity index (χ2n) is 1.79. The second-order valence-corrected chi connectivity index (χ2v) is 2.44. The van der Waals surface area contributed by atoms with Gasteiger partial charge < -0.3 is 4.74 Å². The van der Waals surface area contributed by atoms with E-state index in [1.54, 1.807) is 0 Å². The van der Waals surface area contributed by atoms with Gasteiger partial charge in [0.1, 0.15) is 6.10 Å². The highest BCUT2D eigenvalue weighted by Crippen LogP contribution is 2.05. The molecule has 0 aliphatic heterocycles. The molecule has 0 atom stereocenters. The number of carbonyl (C=O) groups excluding carboxylic acids is 1. The number of carbonyl (C=O) groups is 1. The molecule has 0 rings (SSSR count). The number of ether oxygens (including phenoxy) is 1. The van der Waals surface area contributed by atoms with Crippen LogP contribution in [0.1, 0.15) is 26.7 Å². The highest BCUT2D eigenvalue weighted by Gasteiger charge is 2.05. The maximum Gasteiger partial charge on any atom is 0.374 e. The maximum atomic E-state index is 10.3. The quantitative estimate of drug-likeness (QED) is 0.647. The zero-order valence-corrected chi connectivity index (χ0v) is 7.27. The van der Waals surface area contributed by atoms with Crippen molar-refractivity contribution in [1.29, 1.82) is 0 Å². The van der Waals surface area contributed by atoms with Crippen LogP contribution in [-0.4, -0.2) is 11.0 Å². The number of hydrogen-bond donors (Lipinski definition) is 0. The summed E-state index contributed by atoms with van der Waals surface area (Å²) in [6.45, 7) is 3.98. The lowest BCUT2D eigenvalue weighted by molar-refractivity contribution is 0.119. The standard InChI is InChI=1S/C6H11BrO2/c1-3-5(4-2)9-6(7)8/h5H,3-4H2,1-2H3. The average molecular weight is 195 g/mol. The molecule has 2 nitrogen and oxygen atoms in total. The molecule has 0 aliphatic carbocycles. The Balaban J connectivity index is 3.43. The van der Waals surface area contributed by atoms with E-state index in [0.29, 0.717) is 0 Å². The number of rotatable bonds is 3. The van der Waals surface area contributed by atoms with Crippen LogP contribution >= 0.6 is 15.9 Å². The topological polar surface area (TPSA) is 26.3 Å². The molecule has 0 spiro atoms. The lowest BCUT2D eigenvalue weighted by atomic mass is 10.2. The molecule has 0 aromatic heterocycles. The lowest BCUT2D eigenvalue weighted by Gasteiger charge is -2.10. The molecule has 0 saturated heterocycles. The number of halogens is 1. The fourth-order valence-corrected chi connectivity index (χ4v) is 0.851. The summed E-state index contributed by atoms with van der Waals surface area (Å²) in [5.74, 6) is 0. The van der Waals surface area contributed by atoms with Crippen LogP contribution in [0.25, 0.3) is 0 Å². The molecular weight excluding hydrogens is 184 g/mol. The van der Waals surface area contributed by atoms with Gasteiger partial charge in [-0.25, -0.2) is 4.79 Å². The van der Waals surface area contributed by atoms with Crippen molar-refractivity contribution in [2.75, 3.05) is 0 Å². The first-order valence-corrected chi connectivity index (χ1v) is 3.86. The predicted octanol–water partition coefficient (Wildman–Crippen LogP) is 2.71. The molecule has 0 aromatic carbocycles. The largest absolute Gasteiger partial charge is 0.454 e. The maximum absolute atomic E-state index is 10.3. The van der Waals surface area contributed by atoms with Crippen LogP contribution in [0.5, 0.6) is 0 Å². The molecule has 0 radical (unpaired) electrons. The summed E-state index contributed by atoms with van der Waals surface area (Å²) in [6, 6.07) is 0. The number of hydrogen-bond acceptors (Lipinski definition) is 2. The van der Waals surface area contributed by atoms with Crippen LogP contribution in [0.15, 0.2) is 0 Å². The Bertz CT molecular complexity index is 89.1. The predicted molar refractivity (Wildman–Crippen MR) is 39.8 cm³/mol. The third-order valence-electron chi connectivity index (χ3n) is 1.17. The molecule has 0 amide bonds. The summed E-state index contributed by atoms with van der Waals surface area (Å²) in [5, 5.41) is 0. The van der Waals surface area contributed by atoms with Gasteiger partial charge in [0.05, 0.1) is 0 Å². The second kappa shape index (κ2) is 4.79. The molecule has 0 saturated carbocycles. The first-order chi connectivity index (χ1) is 4.20. The molecule has 0 fully saturated rings. The minimum atomic E-state index is -0.365. The first kappa shape index (κ1) is 8.95. The van der Waals surface area contributed by atoms with Gasteiger partial charge in [-0.05, 0) is 12.8 Å². The van der Waals surface area contributed by atoms with Crippen LogP contribution in [0.2, 0.25) is 0 Å². The Morgan fingerprint density at radius 1 is 1.56 bits per heavy atom. The van der Waals surface area contributed by atoms with Crippen molar-refractivity contribution in [2.24, 2.45) is 0 Å². The Kier molecular flexibility index (Phi) is 4.77. The van der Waals surface area contributed by atoms with Crippen molar-refractivity contribution < 1.29 is 9.53 Å². The Morgan fingerprint density at radius 2 is 2.00 bits per heavy atom. The van der Waals surface area contributed by atoms with E-state index < -0.39 is 0 Å². The van der Waals surface area contributed by atoms with E-state index in [1.807, 2.05) is 13.8 Å². The average Bonchev–Trinajstić information content (AvgIpc) is 1.82. The molecule has 0 aromatic rings. The van der Waals surface area contributed by atoms with Crippen LogP contribution in [0.3, 0.4) is 0 Å². The van der Waals surface area contributed by atoms with E-state index in [9.17, 15) is 4.79 Å². The molecule has 0 bridgehead atoms. The summed E-state index contributed by atoms with van der Waals surface area (Å²) >= 11 is 2.70. The highest BCUT2D eigenvalue weighted by atomic mass is 79.9. The molecule has 0 aliphatic rings. The minimum Gasteiger partial charge on any atom is -0.454 e. The van der Waals surface area contributed by atoms with Crippen LogP contribution < -0.4 is 0 Å². The van der Waals surface area contributed by atoms with E-state index >= 15 is 0 Å². The van der Waals surface area contributed by atoms with Crippen molar-refractivity contribution in [1.82, 2.24) is 0 Å². The lowest BCUT2D eigenvalue weighted by Crippen LogP contribution is -2.10. The van der Waals surface area contributed by atoms with E-state index in [-0.39, 0.29) is 11.0 Å². The van der Waals surface area contributed by atoms with Gasteiger partial charge in [-0.1, -0.05) is 13.8 Å². The van der Waals surface area contributed by atoms with E-state index in [2.05, 4.69) is 15.9 Å². The van der Waals surface area contributed by atoms with Crippen molar-refractivity contribution >= 4 is 20.8 Å². The van der Waals surface area contributed by atoms with Crippen LogP contribution in [-0.2, 0) is 4.74 Å². The summed E-state index contributed by atoms with van der Waals surface area (Å²) in [7, 11) is 0. The van der Waals surface area contributed by atoms with E-state index in [0.717, 1.165) is 12.8 Å². The molecule has 3 heteroatoms. The first-order valence-electron chi connectivity index (χ1n) is 3.06. The highest BCUT2D eigenvalue weighted by molar-refractivity contribution is 9.18. The third kappa shape index (κ3) is 4.45. The SMILES string of the molecule is CCC(CC)OC(=O)Br. The van der Waals surface area contributed by atoms with Gasteiger partial charge in [0, 0.05) is 15.9 Å². The molecule has 54 valence electrons. The fourth-order valence-electron chi connectivity index (χ4n) is 0.586. The molecule has 0 unspecified atom stereocenters. The van der Waals surface area contributed by atoms with Gasteiger partial charge >= 0.3 is 4.88 Å².